The molecule has 0 radical (unpaired) electrons. The van der Waals surface area contributed by atoms with Gasteiger partial charge in [-0.3, -0.25) is 4.79 Å². The van der Waals surface area contributed by atoms with Gasteiger partial charge in [-0.1, -0.05) is 55.9 Å². The molecule has 1 atom stereocenters. The molecule has 2 aromatic carbocycles. The van der Waals surface area contributed by atoms with E-state index in [1.54, 1.807) is 11.8 Å². The zero-order valence-electron chi connectivity index (χ0n) is 17.3. The van der Waals surface area contributed by atoms with Crippen molar-refractivity contribution in [1.82, 2.24) is 14.5 Å². The van der Waals surface area contributed by atoms with Crippen LogP contribution in [-0.2, 0) is 4.79 Å². The minimum Gasteiger partial charge on any atom is -0.368 e. The van der Waals surface area contributed by atoms with E-state index < -0.39 is 0 Å². The van der Waals surface area contributed by atoms with Gasteiger partial charge in [0.1, 0.15) is 6.04 Å². The van der Waals surface area contributed by atoms with Crippen molar-refractivity contribution < 1.29 is 4.79 Å². The second-order valence-electron chi connectivity index (χ2n) is 7.74. The van der Waals surface area contributed by atoms with Gasteiger partial charge >= 0.3 is 0 Å². The lowest BCUT2D eigenvalue weighted by atomic mass is 10.2. The van der Waals surface area contributed by atoms with E-state index in [0.717, 1.165) is 42.4 Å². The van der Waals surface area contributed by atoms with Gasteiger partial charge in [0.2, 0.25) is 5.91 Å². The van der Waals surface area contributed by atoms with Crippen molar-refractivity contribution in [3.05, 3.63) is 54.6 Å². The number of fused-ring (bicyclic) bond motifs is 1. The number of rotatable bonds is 5. The zero-order chi connectivity index (χ0) is 20.4. The van der Waals surface area contributed by atoms with Gasteiger partial charge < -0.3 is 14.4 Å². The number of amides is 1. The standard InChI is InChI=1S/C23H28N4OS/c1-17(2)29-23-24-20-11-7-8-12-21(20)27(23)18(3)22(28)26-15-13-25(14-16-26)19-9-5-4-6-10-19/h4-12,17-18H,13-16H2,1-3H3/t18-/m0/s1. The fourth-order valence-electron chi connectivity index (χ4n) is 3.89. The molecule has 1 fully saturated rings. The van der Waals surface area contributed by atoms with Crippen LogP contribution < -0.4 is 4.90 Å². The van der Waals surface area contributed by atoms with Crippen LogP contribution in [0.2, 0.25) is 0 Å². The van der Waals surface area contributed by atoms with Crippen molar-refractivity contribution >= 4 is 34.4 Å². The van der Waals surface area contributed by atoms with Crippen molar-refractivity contribution in [3.63, 3.8) is 0 Å². The lowest BCUT2D eigenvalue weighted by Gasteiger charge is -2.37. The molecule has 0 unspecified atom stereocenters. The Morgan fingerprint density at radius 3 is 2.28 bits per heavy atom. The quantitative estimate of drug-likeness (QED) is 0.585. The maximum atomic E-state index is 13.4. The highest BCUT2D eigenvalue weighted by Crippen LogP contribution is 2.31. The second-order valence-corrected chi connectivity index (χ2v) is 9.29. The summed E-state index contributed by atoms with van der Waals surface area (Å²) in [7, 11) is 0. The number of benzene rings is 2. The SMILES string of the molecule is CC(C)Sc1nc2ccccc2n1[C@@H](C)C(=O)N1CCN(c2ccccc2)CC1. The largest absolute Gasteiger partial charge is 0.368 e. The van der Waals surface area contributed by atoms with E-state index in [9.17, 15) is 4.79 Å². The lowest BCUT2D eigenvalue weighted by molar-refractivity contribution is -0.134. The number of anilines is 1. The number of carbonyl (C=O) groups excluding carboxylic acids is 1. The van der Waals surface area contributed by atoms with E-state index in [4.69, 9.17) is 4.98 Å². The third-order valence-electron chi connectivity index (χ3n) is 5.36. The third kappa shape index (κ3) is 4.13. The van der Waals surface area contributed by atoms with E-state index in [0.29, 0.717) is 5.25 Å². The predicted molar refractivity (Wildman–Crippen MR) is 121 cm³/mol. The number of hydrogen-bond acceptors (Lipinski definition) is 4. The molecule has 0 saturated carbocycles. The van der Waals surface area contributed by atoms with Gasteiger partial charge in [-0.2, -0.15) is 0 Å². The summed E-state index contributed by atoms with van der Waals surface area (Å²) in [6.45, 7) is 9.54. The molecule has 0 aliphatic carbocycles. The number of nitrogens with zero attached hydrogens (tertiary/aromatic N) is 4. The fraction of sp³-hybridized carbons (Fsp3) is 0.391. The number of para-hydroxylation sites is 3. The van der Waals surface area contributed by atoms with Gasteiger partial charge in [0, 0.05) is 37.1 Å². The molecule has 3 aromatic rings. The second kappa shape index (κ2) is 8.49. The molecule has 1 aliphatic rings. The van der Waals surface area contributed by atoms with Gasteiger partial charge in [0.25, 0.3) is 0 Å². The molecule has 1 saturated heterocycles. The van der Waals surface area contributed by atoms with Gasteiger partial charge in [-0.15, -0.1) is 0 Å². The first-order valence-corrected chi connectivity index (χ1v) is 11.1. The maximum Gasteiger partial charge on any atom is 0.245 e. The molecular formula is C23H28N4OS. The average Bonchev–Trinajstić information content (AvgIpc) is 3.10. The van der Waals surface area contributed by atoms with Gasteiger partial charge in [-0.05, 0) is 31.2 Å². The molecule has 152 valence electrons. The Morgan fingerprint density at radius 2 is 1.59 bits per heavy atom. The van der Waals surface area contributed by atoms with E-state index in [-0.39, 0.29) is 11.9 Å². The Bertz CT molecular complexity index is 977. The summed E-state index contributed by atoms with van der Waals surface area (Å²) in [6, 6.07) is 18.2. The van der Waals surface area contributed by atoms with Crippen LogP contribution >= 0.6 is 11.8 Å². The molecule has 0 N–H and O–H groups in total. The molecule has 6 heteroatoms. The van der Waals surface area contributed by atoms with Crippen LogP contribution in [0.5, 0.6) is 0 Å². The first-order chi connectivity index (χ1) is 14.0. The van der Waals surface area contributed by atoms with Crippen LogP contribution in [0.3, 0.4) is 0 Å². The van der Waals surface area contributed by atoms with Crippen LogP contribution in [0.15, 0.2) is 59.8 Å². The first-order valence-electron chi connectivity index (χ1n) is 10.3. The zero-order valence-corrected chi connectivity index (χ0v) is 18.1. The minimum absolute atomic E-state index is 0.173. The molecule has 1 aliphatic heterocycles. The summed E-state index contributed by atoms with van der Waals surface area (Å²) in [4.78, 5) is 22.5. The van der Waals surface area contributed by atoms with E-state index in [1.165, 1.54) is 5.69 Å². The van der Waals surface area contributed by atoms with Crippen LogP contribution in [0.1, 0.15) is 26.8 Å². The highest BCUT2D eigenvalue weighted by molar-refractivity contribution is 7.99. The molecule has 4 rings (SSSR count). The van der Waals surface area contributed by atoms with Gasteiger partial charge in [0.05, 0.1) is 11.0 Å². The van der Waals surface area contributed by atoms with Crippen LogP contribution in [0.25, 0.3) is 11.0 Å². The Hall–Kier alpha value is -2.47. The Labute approximate surface area is 176 Å². The van der Waals surface area contributed by atoms with Crippen molar-refractivity contribution in [2.75, 3.05) is 31.1 Å². The topological polar surface area (TPSA) is 41.4 Å². The lowest BCUT2D eigenvalue weighted by Crippen LogP contribution is -2.50. The Balaban J connectivity index is 1.53. The Kier molecular flexibility index (Phi) is 5.81. The van der Waals surface area contributed by atoms with Crippen molar-refractivity contribution in [3.8, 4) is 0 Å². The van der Waals surface area contributed by atoms with E-state index in [2.05, 4.69) is 53.6 Å². The first kappa shape index (κ1) is 19.8. The summed E-state index contributed by atoms with van der Waals surface area (Å²) in [5.74, 6) is 0.173. The number of hydrogen-bond donors (Lipinski definition) is 0. The van der Waals surface area contributed by atoms with Crippen molar-refractivity contribution in [2.45, 2.75) is 37.2 Å². The fourth-order valence-corrected chi connectivity index (χ4v) is 4.83. The van der Waals surface area contributed by atoms with Crippen molar-refractivity contribution in [1.29, 1.82) is 0 Å². The third-order valence-corrected chi connectivity index (χ3v) is 6.33. The van der Waals surface area contributed by atoms with E-state index >= 15 is 0 Å². The number of imidazole rings is 1. The number of piperazine rings is 1. The monoisotopic (exact) mass is 408 g/mol. The summed E-state index contributed by atoms with van der Waals surface area (Å²) in [5, 5.41) is 1.33. The minimum atomic E-state index is -0.271. The molecule has 0 spiro atoms. The molecule has 29 heavy (non-hydrogen) atoms. The molecule has 1 amide bonds. The van der Waals surface area contributed by atoms with Crippen LogP contribution in [0, 0.1) is 0 Å². The van der Waals surface area contributed by atoms with Crippen molar-refractivity contribution in [2.24, 2.45) is 0 Å². The maximum absolute atomic E-state index is 13.4. The predicted octanol–water partition coefficient (Wildman–Crippen LogP) is 4.45. The van der Waals surface area contributed by atoms with Gasteiger partial charge in [0.15, 0.2) is 5.16 Å². The smallest absolute Gasteiger partial charge is 0.245 e. The molecule has 5 nitrogen and oxygen atoms in total. The van der Waals surface area contributed by atoms with Gasteiger partial charge in [-0.25, -0.2) is 4.98 Å². The Morgan fingerprint density at radius 1 is 0.931 bits per heavy atom. The summed E-state index contributed by atoms with van der Waals surface area (Å²) >= 11 is 1.71. The summed E-state index contributed by atoms with van der Waals surface area (Å²) in [5.41, 5.74) is 3.20. The molecule has 0 bridgehead atoms. The summed E-state index contributed by atoms with van der Waals surface area (Å²) in [6.07, 6.45) is 0. The normalized spacial score (nSPS) is 15.9. The van der Waals surface area contributed by atoms with Crippen LogP contribution in [-0.4, -0.2) is 51.8 Å². The van der Waals surface area contributed by atoms with E-state index in [1.807, 2.05) is 36.1 Å². The highest BCUT2D eigenvalue weighted by Gasteiger charge is 2.28. The molecule has 2 heterocycles. The summed E-state index contributed by atoms with van der Waals surface area (Å²) < 4.78 is 2.12. The highest BCUT2D eigenvalue weighted by atomic mass is 32.2. The molecule has 1 aromatic heterocycles. The molecular weight excluding hydrogens is 380 g/mol. The number of thioether (sulfide) groups is 1. The number of carbonyl (C=O) groups is 1. The number of aromatic nitrogens is 2. The average molecular weight is 409 g/mol. The van der Waals surface area contributed by atoms with Crippen LogP contribution in [0.4, 0.5) is 5.69 Å².